The molecule has 1 N–H and O–H groups in total. The molecule has 1 aliphatic heterocycles. The number of hydrogen-bond acceptors (Lipinski definition) is 4. The lowest BCUT2D eigenvalue weighted by Gasteiger charge is -2.36. The summed E-state index contributed by atoms with van der Waals surface area (Å²) in [6.45, 7) is 4.15. The molecule has 1 saturated heterocycles. The number of piperazine rings is 1. The van der Waals surface area contributed by atoms with E-state index in [1.807, 2.05) is 41.3 Å². The van der Waals surface area contributed by atoms with Gasteiger partial charge in [0.25, 0.3) is 5.91 Å². The Morgan fingerprint density at radius 3 is 2.32 bits per heavy atom. The van der Waals surface area contributed by atoms with E-state index in [-0.39, 0.29) is 17.6 Å². The Balaban J connectivity index is 1.16. The number of fused-ring (bicyclic) bond motifs is 1. The summed E-state index contributed by atoms with van der Waals surface area (Å²) in [7, 11) is 0. The summed E-state index contributed by atoms with van der Waals surface area (Å²) in [5, 5.41) is 3.99. The van der Waals surface area contributed by atoms with E-state index in [4.69, 9.17) is 0 Å². The molecular weight excluding hydrogens is 487 g/mol. The van der Waals surface area contributed by atoms with Crippen molar-refractivity contribution in [2.75, 3.05) is 43.4 Å². The number of hydrogen-bond donors (Lipinski definition) is 1. The molecule has 1 fully saturated rings. The van der Waals surface area contributed by atoms with Crippen molar-refractivity contribution < 1.29 is 14.0 Å². The number of rotatable bonds is 8. The van der Waals surface area contributed by atoms with Gasteiger partial charge in [0.2, 0.25) is 5.91 Å². The Bertz CT molecular complexity index is 1370. The Kier molecular flexibility index (Phi) is 7.75. The smallest absolute Gasteiger partial charge is 0.251 e. The average Bonchev–Trinajstić information content (AvgIpc) is 3.30. The van der Waals surface area contributed by atoms with E-state index in [1.54, 1.807) is 11.8 Å². The molecule has 2 heterocycles. The molecular formula is C29H29FN4O2S. The molecule has 0 spiro atoms. The van der Waals surface area contributed by atoms with Crippen LogP contribution in [0.25, 0.3) is 10.9 Å². The standard InChI is InChI=1S/C29H29FN4O2S/c30-23-12-10-22(11-13-23)29(36)31-14-15-34-20-27(25-8-4-5-9-26(25)34)37-21-28(35)33-18-16-32(17-19-33)24-6-2-1-3-7-24/h1-13,20H,14-19,21H2,(H,31,36). The zero-order valence-corrected chi connectivity index (χ0v) is 21.3. The largest absolute Gasteiger partial charge is 0.368 e. The van der Waals surface area contributed by atoms with Gasteiger partial charge in [-0.1, -0.05) is 36.4 Å². The van der Waals surface area contributed by atoms with Crippen molar-refractivity contribution in [3.8, 4) is 0 Å². The topological polar surface area (TPSA) is 57.6 Å². The molecule has 5 rings (SSSR count). The second-order valence-electron chi connectivity index (χ2n) is 8.96. The van der Waals surface area contributed by atoms with Crippen LogP contribution < -0.4 is 10.2 Å². The van der Waals surface area contributed by atoms with Gasteiger partial charge in [-0.2, -0.15) is 0 Å². The average molecular weight is 517 g/mol. The van der Waals surface area contributed by atoms with Gasteiger partial charge in [-0.05, 0) is 42.5 Å². The summed E-state index contributed by atoms with van der Waals surface area (Å²) in [5.41, 5.74) is 2.69. The Morgan fingerprint density at radius 1 is 0.865 bits per heavy atom. The second-order valence-corrected chi connectivity index (χ2v) is 9.98. The predicted octanol–water partition coefficient (Wildman–Crippen LogP) is 4.65. The van der Waals surface area contributed by atoms with E-state index in [1.165, 1.54) is 30.0 Å². The van der Waals surface area contributed by atoms with Crippen LogP contribution in [0, 0.1) is 5.82 Å². The lowest BCUT2D eigenvalue weighted by molar-refractivity contribution is -0.128. The maximum absolute atomic E-state index is 13.1. The number of carbonyl (C=O) groups is 2. The highest BCUT2D eigenvalue weighted by Gasteiger charge is 2.22. The number of amides is 2. The van der Waals surface area contributed by atoms with Gasteiger partial charge in [-0.15, -0.1) is 11.8 Å². The zero-order valence-electron chi connectivity index (χ0n) is 20.5. The van der Waals surface area contributed by atoms with Crippen molar-refractivity contribution >= 4 is 40.2 Å². The molecule has 0 saturated carbocycles. The van der Waals surface area contributed by atoms with Gasteiger partial charge in [-0.3, -0.25) is 9.59 Å². The fourth-order valence-electron chi connectivity index (χ4n) is 4.59. The zero-order chi connectivity index (χ0) is 25.6. The molecule has 1 aromatic heterocycles. The van der Waals surface area contributed by atoms with E-state index in [0.29, 0.717) is 24.4 Å². The normalized spacial score (nSPS) is 13.6. The fourth-order valence-corrected chi connectivity index (χ4v) is 5.58. The summed E-state index contributed by atoms with van der Waals surface area (Å²) in [6.07, 6.45) is 2.06. The van der Waals surface area contributed by atoms with Crippen molar-refractivity contribution in [1.82, 2.24) is 14.8 Å². The van der Waals surface area contributed by atoms with E-state index in [9.17, 15) is 14.0 Å². The van der Waals surface area contributed by atoms with Gasteiger partial charge in [0, 0.05) is 72.5 Å². The van der Waals surface area contributed by atoms with Crippen LogP contribution in [0.3, 0.4) is 0 Å². The molecule has 1 aliphatic rings. The lowest BCUT2D eigenvalue weighted by Crippen LogP contribution is -2.49. The van der Waals surface area contributed by atoms with Crippen LogP contribution in [0.1, 0.15) is 10.4 Å². The van der Waals surface area contributed by atoms with Crippen LogP contribution in [0.4, 0.5) is 10.1 Å². The highest BCUT2D eigenvalue weighted by Crippen LogP contribution is 2.30. The molecule has 8 heteroatoms. The molecule has 0 atom stereocenters. The SMILES string of the molecule is O=C(NCCn1cc(SCC(=O)N2CCN(c3ccccc3)CC2)c2ccccc21)c1ccc(F)cc1. The lowest BCUT2D eigenvalue weighted by atomic mass is 10.2. The van der Waals surface area contributed by atoms with Crippen molar-refractivity contribution in [3.63, 3.8) is 0 Å². The van der Waals surface area contributed by atoms with Crippen LogP contribution >= 0.6 is 11.8 Å². The Hall–Kier alpha value is -3.78. The fraction of sp³-hybridized carbons (Fsp3) is 0.241. The van der Waals surface area contributed by atoms with Crippen LogP contribution in [0.2, 0.25) is 0 Å². The Labute approximate surface area is 220 Å². The minimum Gasteiger partial charge on any atom is -0.368 e. The van der Waals surface area contributed by atoms with E-state index in [0.717, 1.165) is 42.0 Å². The summed E-state index contributed by atoms with van der Waals surface area (Å²) in [5.74, 6) is -0.0564. The van der Waals surface area contributed by atoms with Crippen LogP contribution in [0.15, 0.2) is 90.0 Å². The number of aromatic nitrogens is 1. The summed E-state index contributed by atoms with van der Waals surface area (Å²) < 4.78 is 15.2. The minimum atomic E-state index is -0.367. The van der Waals surface area contributed by atoms with Gasteiger partial charge in [0.05, 0.1) is 5.75 Å². The van der Waals surface area contributed by atoms with E-state index in [2.05, 4.69) is 39.2 Å². The number of thioether (sulfide) groups is 1. The number of para-hydroxylation sites is 2. The summed E-state index contributed by atoms with van der Waals surface area (Å²) >= 11 is 1.56. The molecule has 0 bridgehead atoms. The number of carbonyl (C=O) groups excluding carboxylic acids is 2. The van der Waals surface area contributed by atoms with Gasteiger partial charge in [-0.25, -0.2) is 4.39 Å². The highest BCUT2D eigenvalue weighted by molar-refractivity contribution is 8.00. The summed E-state index contributed by atoms with van der Waals surface area (Å²) in [4.78, 5) is 30.6. The first-order valence-electron chi connectivity index (χ1n) is 12.4. The highest BCUT2D eigenvalue weighted by atomic mass is 32.2. The molecule has 190 valence electrons. The van der Waals surface area contributed by atoms with Crippen molar-refractivity contribution in [3.05, 3.63) is 96.4 Å². The molecule has 2 amide bonds. The first kappa shape index (κ1) is 24.9. The quantitative estimate of drug-likeness (QED) is 0.347. The van der Waals surface area contributed by atoms with E-state index < -0.39 is 0 Å². The third kappa shape index (κ3) is 5.97. The molecule has 37 heavy (non-hydrogen) atoms. The first-order chi connectivity index (χ1) is 18.1. The van der Waals surface area contributed by atoms with Crippen LogP contribution in [0.5, 0.6) is 0 Å². The second kappa shape index (κ2) is 11.5. The molecule has 4 aromatic rings. The number of nitrogens with one attached hydrogen (secondary N) is 1. The van der Waals surface area contributed by atoms with Crippen molar-refractivity contribution in [2.45, 2.75) is 11.4 Å². The van der Waals surface area contributed by atoms with Gasteiger partial charge in [0.1, 0.15) is 5.82 Å². The number of benzene rings is 3. The third-order valence-electron chi connectivity index (χ3n) is 6.60. The van der Waals surface area contributed by atoms with Gasteiger partial charge < -0.3 is 19.7 Å². The Morgan fingerprint density at radius 2 is 1.57 bits per heavy atom. The van der Waals surface area contributed by atoms with Crippen LogP contribution in [-0.4, -0.2) is 59.8 Å². The van der Waals surface area contributed by atoms with Gasteiger partial charge in [0.15, 0.2) is 0 Å². The molecule has 0 aliphatic carbocycles. The van der Waals surface area contributed by atoms with Crippen molar-refractivity contribution in [1.29, 1.82) is 0 Å². The maximum Gasteiger partial charge on any atom is 0.251 e. The van der Waals surface area contributed by atoms with E-state index >= 15 is 0 Å². The summed E-state index contributed by atoms with van der Waals surface area (Å²) in [6, 6.07) is 23.9. The predicted molar refractivity (Wildman–Crippen MR) is 147 cm³/mol. The van der Waals surface area contributed by atoms with Crippen molar-refractivity contribution in [2.24, 2.45) is 0 Å². The molecule has 0 unspecified atom stereocenters. The van der Waals surface area contributed by atoms with Crippen LogP contribution in [-0.2, 0) is 11.3 Å². The number of nitrogens with zero attached hydrogens (tertiary/aromatic N) is 3. The molecule has 3 aromatic carbocycles. The first-order valence-corrected chi connectivity index (χ1v) is 13.4. The number of halogens is 1. The molecule has 0 radical (unpaired) electrons. The minimum absolute atomic E-state index is 0.154. The number of anilines is 1. The third-order valence-corrected chi connectivity index (χ3v) is 7.63. The maximum atomic E-state index is 13.1. The molecule has 6 nitrogen and oxygen atoms in total. The monoisotopic (exact) mass is 516 g/mol. The van der Waals surface area contributed by atoms with Gasteiger partial charge >= 0.3 is 0 Å².